The van der Waals surface area contributed by atoms with Gasteiger partial charge in [0.25, 0.3) is 0 Å². The Bertz CT molecular complexity index is 232. The largest absolute Gasteiger partial charge is 0.341 e. The molecule has 100 valence electrons. The van der Waals surface area contributed by atoms with E-state index >= 15 is 0 Å². The quantitative estimate of drug-likeness (QED) is 0.525. The first-order valence-corrected chi connectivity index (χ1v) is 7.50. The molecule has 2 unspecified atom stereocenters. The molecule has 1 heterocycles. The van der Waals surface area contributed by atoms with Gasteiger partial charge in [-0.2, -0.15) is 0 Å². The van der Waals surface area contributed by atoms with Crippen LogP contribution in [0, 0.1) is 5.92 Å². The molecule has 1 saturated heterocycles. The maximum atomic E-state index is 12.0. The van der Waals surface area contributed by atoms with Gasteiger partial charge in [-0.15, -0.1) is 11.6 Å². The third-order valence-electron chi connectivity index (χ3n) is 3.71. The van der Waals surface area contributed by atoms with Crippen molar-refractivity contribution >= 4 is 17.5 Å². The third-order valence-corrected chi connectivity index (χ3v) is 4.28. The molecule has 0 bridgehead atoms. The Balaban J connectivity index is 2.15. The van der Waals surface area contributed by atoms with Gasteiger partial charge in [-0.3, -0.25) is 4.79 Å². The molecule has 1 aliphatic heterocycles. The average Bonchev–Trinajstić information content (AvgIpc) is 2.32. The van der Waals surface area contributed by atoms with Crippen LogP contribution in [0.2, 0.25) is 0 Å². The molecule has 0 aromatic heterocycles. The van der Waals surface area contributed by atoms with E-state index in [1.807, 2.05) is 4.90 Å². The van der Waals surface area contributed by atoms with E-state index in [4.69, 9.17) is 11.6 Å². The Morgan fingerprint density at radius 2 is 2.00 bits per heavy atom. The van der Waals surface area contributed by atoms with Gasteiger partial charge in [0.05, 0.1) is 5.38 Å². The van der Waals surface area contributed by atoms with Crippen molar-refractivity contribution in [2.24, 2.45) is 5.92 Å². The number of amides is 1. The lowest BCUT2D eigenvalue weighted by atomic mass is 9.98. The molecule has 0 aromatic rings. The molecule has 0 N–H and O–H groups in total. The molecule has 0 aliphatic carbocycles. The normalized spacial score (nSPS) is 25.0. The number of hydrogen-bond acceptors (Lipinski definition) is 1. The van der Waals surface area contributed by atoms with Crippen molar-refractivity contribution in [2.45, 2.75) is 64.2 Å². The van der Waals surface area contributed by atoms with Gasteiger partial charge < -0.3 is 4.90 Å². The summed E-state index contributed by atoms with van der Waals surface area (Å²) >= 11 is 6.21. The fourth-order valence-electron chi connectivity index (χ4n) is 2.29. The minimum Gasteiger partial charge on any atom is -0.341 e. The Kier molecular flexibility index (Phi) is 6.94. The van der Waals surface area contributed by atoms with Crippen molar-refractivity contribution in [3.05, 3.63) is 0 Å². The summed E-state index contributed by atoms with van der Waals surface area (Å²) in [4.78, 5) is 13.9. The molecule has 0 aromatic carbocycles. The summed E-state index contributed by atoms with van der Waals surface area (Å²) in [7, 11) is 0. The maximum Gasteiger partial charge on any atom is 0.222 e. The van der Waals surface area contributed by atoms with Crippen LogP contribution >= 0.6 is 11.6 Å². The van der Waals surface area contributed by atoms with Crippen LogP contribution in [0.25, 0.3) is 0 Å². The number of alkyl halides is 1. The Labute approximate surface area is 111 Å². The number of piperidine rings is 1. The van der Waals surface area contributed by atoms with Gasteiger partial charge in [0, 0.05) is 19.5 Å². The smallest absolute Gasteiger partial charge is 0.222 e. The Hall–Kier alpha value is -0.240. The molecule has 0 spiro atoms. The maximum absolute atomic E-state index is 12.0. The van der Waals surface area contributed by atoms with Crippen LogP contribution in [0.3, 0.4) is 0 Å². The number of carbonyl (C=O) groups excluding carboxylic acids is 1. The van der Waals surface area contributed by atoms with Crippen molar-refractivity contribution in [3.63, 3.8) is 0 Å². The summed E-state index contributed by atoms with van der Waals surface area (Å²) in [5.74, 6) is 0.851. The van der Waals surface area contributed by atoms with E-state index in [0.29, 0.717) is 18.2 Å². The van der Waals surface area contributed by atoms with Gasteiger partial charge in [0.1, 0.15) is 0 Å². The number of carbonyl (C=O) groups is 1. The number of unbranched alkanes of at least 4 members (excludes halogenated alkanes) is 4. The lowest BCUT2D eigenvalue weighted by Gasteiger charge is -2.34. The zero-order valence-electron chi connectivity index (χ0n) is 11.3. The van der Waals surface area contributed by atoms with Crippen LogP contribution in [0.4, 0.5) is 0 Å². The Morgan fingerprint density at radius 3 is 2.65 bits per heavy atom. The fourth-order valence-corrected chi connectivity index (χ4v) is 2.58. The molecule has 1 fully saturated rings. The van der Waals surface area contributed by atoms with E-state index in [2.05, 4.69) is 13.8 Å². The highest BCUT2D eigenvalue weighted by molar-refractivity contribution is 6.21. The molecule has 1 amide bonds. The van der Waals surface area contributed by atoms with Crippen molar-refractivity contribution in [1.82, 2.24) is 4.90 Å². The summed E-state index contributed by atoms with van der Waals surface area (Å²) in [5.41, 5.74) is 0. The lowest BCUT2D eigenvalue weighted by molar-refractivity contribution is -0.132. The average molecular weight is 260 g/mol. The summed E-state index contributed by atoms with van der Waals surface area (Å²) in [6.45, 7) is 6.03. The molecule has 1 rings (SSSR count). The molecule has 2 nitrogen and oxygen atoms in total. The molecule has 2 atom stereocenters. The predicted octanol–water partition coefficient (Wildman–Crippen LogP) is 3.82. The second-order valence-corrected chi connectivity index (χ2v) is 5.85. The molecular weight excluding hydrogens is 234 g/mol. The Morgan fingerprint density at radius 1 is 1.29 bits per heavy atom. The molecule has 0 saturated carbocycles. The van der Waals surface area contributed by atoms with Gasteiger partial charge in [0.2, 0.25) is 5.91 Å². The van der Waals surface area contributed by atoms with Gasteiger partial charge in [-0.1, -0.05) is 39.5 Å². The van der Waals surface area contributed by atoms with Crippen molar-refractivity contribution in [1.29, 1.82) is 0 Å². The van der Waals surface area contributed by atoms with Crippen molar-refractivity contribution in [2.75, 3.05) is 13.1 Å². The molecule has 1 aliphatic rings. The number of rotatable bonds is 6. The minimum atomic E-state index is 0.146. The summed E-state index contributed by atoms with van der Waals surface area (Å²) in [5, 5.41) is 0.146. The molecule has 0 radical (unpaired) electrons. The van der Waals surface area contributed by atoms with Gasteiger partial charge in [0.15, 0.2) is 0 Å². The van der Waals surface area contributed by atoms with Crippen LogP contribution < -0.4 is 0 Å². The van der Waals surface area contributed by atoms with Gasteiger partial charge >= 0.3 is 0 Å². The second-order valence-electron chi connectivity index (χ2n) is 5.29. The standard InChI is InChI=1S/C14H26ClNO/c1-3-4-5-6-7-8-14(17)16-10-9-12(2)13(15)11-16/h12-13H,3-11H2,1-2H3. The number of halogens is 1. The topological polar surface area (TPSA) is 20.3 Å². The van der Waals surface area contributed by atoms with E-state index in [9.17, 15) is 4.79 Å². The predicted molar refractivity (Wildman–Crippen MR) is 73.4 cm³/mol. The van der Waals surface area contributed by atoms with Crippen LogP contribution in [0.15, 0.2) is 0 Å². The third kappa shape index (κ3) is 5.29. The van der Waals surface area contributed by atoms with Crippen LogP contribution in [-0.4, -0.2) is 29.3 Å². The van der Waals surface area contributed by atoms with Crippen LogP contribution in [-0.2, 0) is 4.79 Å². The SMILES string of the molecule is CCCCCCCC(=O)N1CCC(C)C(Cl)C1. The van der Waals surface area contributed by atoms with E-state index in [1.165, 1.54) is 25.7 Å². The minimum absolute atomic E-state index is 0.146. The number of nitrogens with zero attached hydrogens (tertiary/aromatic N) is 1. The molecule has 17 heavy (non-hydrogen) atoms. The van der Waals surface area contributed by atoms with Crippen molar-refractivity contribution < 1.29 is 4.79 Å². The molecule has 3 heteroatoms. The number of hydrogen-bond donors (Lipinski definition) is 0. The van der Waals surface area contributed by atoms with Gasteiger partial charge in [-0.05, 0) is 18.8 Å². The highest BCUT2D eigenvalue weighted by Gasteiger charge is 2.26. The highest BCUT2D eigenvalue weighted by Crippen LogP contribution is 2.22. The second kappa shape index (κ2) is 7.97. The van der Waals surface area contributed by atoms with Crippen LogP contribution in [0.1, 0.15) is 58.8 Å². The summed E-state index contributed by atoms with van der Waals surface area (Å²) in [6.07, 6.45) is 7.80. The zero-order chi connectivity index (χ0) is 12.7. The van der Waals surface area contributed by atoms with Crippen LogP contribution in [0.5, 0.6) is 0 Å². The van der Waals surface area contributed by atoms with E-state index in [1.54, 1.807) is 0 Å². The first kappa shape index (κ1) is 14.8. The summed E-state index contributed by atoms with van der Waals surface area (Å²) in [6, 6.07) is 0. The first-order valence-electron chi connectivity index (χ1n) is 7.07. The fraction of sp³-hybridized carbons (Fsp3) is 0.929. The van der Waals surface area contributed by atoms with Gasteiger partial charge in [-0.25, -0.2) is 0 Å². The summed E-state index contributed by atoms with van der Waals surface area (Å²) < 4.78 is 0. The van der Waals surface area contributed by atoms with Crippen molar-refractivity contribution in [3.8, 4) is 0 Å². The van der Waals surface area contributed by atoms with E-state index < -0.39 is 0 Å². The van der Waals surface area contributed by atoms with E-state index in [0.717, 1.165) is 25.9 Å². The molecular formula is C14H26ClNO. The van der Waals surface area contributed by atoms with E-state index in [-0.39, 0.29) is 5.38 Å². The number of likely N-dealkylation sites (tertiary alicyclic amines) is 1. The highest BCUT2D eigenvalue weighted by atomic mass is 35.5. The zero-order valence-corrected chi connectivity index (χ0v) is 12.0. The monoisotopic (exact) mass is 259 g/mol. The lowest BCUT2D eigenvalue weighted by Crippen LogP contribution is -2.43. The first-order chi connectivity index (χ1) is 8.15.